The largest absolute Gasteiger partial charge is 0.375 e. The van der Waals surface area contributed by atoms with Gasteiger partial charge in [0.25, 0.3) is 0 Å². The summed E-state index contributed by atoms with van der Waals surface area (Å²) in [5.74, 6) is -0.785. The normalized spacial score (nSPS) is 16.1. The number of fused-ring (bicyclic) bond motifs is 2. The topological polar surface area (TPSA) is 81.2 Å². The maximum atomic E-state index is 15.7. The highest BCUT2D eigenvalue weighted by atomic mass is 35.5. The van der Waals surface area contributed by atoms with Crippen LogP contribution in [0, 0.1) is 11.6 Å². The van der Waals surface area contributed by atoms with E-state index in [2.05, 4.69) is 26.7 Å². The number of anilines is 1. The molecule has 1 saturated heterocycles. The number of piperazine rings is 1. The van der Waals surface area contributed by atoms with Gasteiger partial charge in [-0.05, 0) is 24.3 Å². The van der Waals surface area contributed by atoms with Gasteiger partial charge in [0.1, 0.15) is 29.7 Å². The number of halogens is 3. The summed E-state index contributed by atoms with van der Waals surface area (Å²) in [6.07, 6.45) is 3.50. The first-order valence-electron chi connectivity index (χ1n) is 10.0. The Morgan fingerprint density at radius 2 is 1.91 bits per heavy atom. The molecule has 1 atom stereocenters. The Bertz CT molecular complexity index is 1340. The van der Waals surface area contributed by atoms with Crippen LogP contribution in [0.5, 0.6) is 0 Å². The molecule has 1 aliphatic heterocycles. The van der Waals surface area contributed by atoms with Crippen LogP contribution in [-0.2, 0) is 0 Å². The van der Waals surface area contributed by atoms with Gasteiger partial charge in [-0.2, -0.15) is 5.10 Å². The minimum absolute atomic E-state index is 0.0350. The standard InChI is InChI=1S/C22H19ClF2N6O/c1-2-17(32)30-5-7-31(8-6-30)22-12-9-14(23)19(20(25)21(12)26-11-27-22)18-13-10-28-29-16(13)4-3-15(18)24/h2-4,9-11,17,32H,1,5-8H2,(H,28,29). The van der Waals surface area contributed by atoms with E-state index >= 15 is 4.39 Å². The lowest BCUT2D eigenvalue weighted by atomic mass is 9.98. The average molecular weight is 457 g/mol. The van der Waals surface area contributed by atoms with Crippen molar-refractivity contribution in [3.63, 3.8) is 0 Å². The van der Waals surface area contributed by atoms with Gasteiger partial charge in [0.2, 0.25) is 0 Å². The van der Waals surface area contributed by atoms with Gasteiger partial charge < -0.3 is 10.0 Å². The Kier molecular flexibility index (Phi) is 5.24. The molecule has 2 aromatic heterocycles. The lowest BCUT2D eigenvalue weighted by Crippen LogP contribution is -2.50. The first-order chi connectivity index (χ1) is 15.5. The van der Waals surface area contributed by atoms with E-state index in [1.807, 2.05) is 9.80 Å². The third-order valence-corrected chi connectivity index (χ3v) is 6.12. The van der Waals surface area contributed by atoms with Crippen molar-refractivity contribution in [2.45, 2.75) is 6.23 Å². The number of aromatic nitrogens is 4. The molecule has 0 bridgehead atoms. The van der Waals surface area contributed by atoms with Crippen LogP contribution < -0.4 is 4.90 Å². The van der Waals surface area contributed by atoms with Crippen molar-refractivity contribution in [1.29, 1.82) is 0 Å². The van der Waals surface area contributed by atoms with E-state index < -0.39 is 17.9 Å². The number of nitrogens with one attached hydrogen (secondary N) is 1. The fraction of sp³-hybridized carbons (Fsp3) is 0.227. The Balaban J connectivity index is 1.61. The van der Waals surface area contributed by atoms with Crippen molar-refractivity contribution >= 4 is 39.2 Å². The van der Waals surface area contributed by atoms with Crippen molar-refractivity contribution in [1.82, 2.24) is 25.1 Å². The predicted molar refractivity (Wildman–Crippen MR) is 120 cm³/mol. The Labute approximate surface area is 186 Å². The Morgan fingerprint density at radius 1 is 1.12 bits per heavy atom. The summed E-state index contributed by atoms with van der Waals surface area (Å²) in [6.45, 7) is 5.92. The molecule has 3 heterocycles. The zero-order valence-corrected chi connectivity index (χ0v) is 17.7. The van der Waals surface area contributed by atoms with E-state index in [0.29, 0.717) is 48.3 Å². The molecule has 0 aliphatic carbocycles. The second-order valence-corrected chi connectivity index (χ2v) is 7.97. The van der Waals surface area contributed by atoms with Crippen molar-refractivity contribution in [2.75, 3.05) is 31.1 Å². The Morgan fingerprint density at radius 3 is 2.66 bits per heavy atom. The molecule has 2 N–H and O–H groups in total. The molecule has 0 spiro atoms. The highest BCUT2D eigenvalue weighted by molar-refractivity contribution is 6.35. The molecular formula is C22H19ClF2N6O. The fourth-order valence-corrected chi connectivity index (χ4v) is 4.48. The minimum atomic E-state index is -0.718. The highest BCUT2D eigenvalue weighted by Gasteiger charge is 2.26. The highest BCUT2D eigenvalue weighted by Crippen LogP contribution is 2.41. The van der Waals surface area contributed by atoms with Crippen molar-refractivity contribution in [3.05, 3.63) is 60.0 Å². The smallest absolute Gasteiger partial charge is 0.159 e. The lowest BCUT2D eigenvalue weighted by Gasteiger charge is -2.37. The minimum Gasteiger partial charge on any atom is -0.375 e. The van der Waals surface area contributed by atoms with Crippen LogP contribution in [0.2, 0.25) is 5.02 Å². The summed E-state index contributed by atoms with van der Waals surface area (Å²) < 4.78 is 30.6. The van der Waals surface area contributed by atoms with Crippen LogP contribution in [0.25, 0.3) is 32.9 Å². The molecule has 5 rings (SSSR count). The maximum absolute atomic E-state index is 15.7. The van der Waals surface area contributed by atoms with Crippen LogP contribution in [0.3, 0.4) is 0 Å². The average Bonchev–Trinajstić information content (AvgIpc) is 3.28. The molecule has 32 heavy (non-hydrogen) atoms. The van der Waals surface area contributed by atoms with Crippen LogP contribution in [0.15, 0.2) is 43.4 Å². The monoisotopic (exact) mass is 456 g/mol. The SMILES string of the molecule is C=CC(O)N1CCN(c2ncnc3c(F)c(-c4c(F)ccc5[nH]ncc45)c(Cl)cc23)CC1. The number of hydrogen-bond acceptors (Lipinski definition) is 6. The van der Waals surface area contributed by atoms with Crippen molar-refractivity contribution in [3.8, 4) is 11.1 Å². The van der Waals surface area contributed by atoms with Crippen molar-refractivity contribution in [2.24, 2.45) is 0 Å². The molecule has 1 fully saturated rings. The zero-order valence-electron chi connectivity index (χ0n) is 16.9. The summed E-state index contributed by atoms with van der Waals surface area (Å²) in [7, 11) is 0. The molecular weight excluding hydrogens is 438 g/mol. The van der Waals surface area contributed by atoms with E-state index in [-0.39, 0.29) is 21.7 Å². The summed E-state index contributed by atoms with van der Waals surface area (Å²) in [6, 6.07) is 4.36. The summed E-state index contributed by atoms with van der Waals surface area (Å²) >= 11 is 6.51. The molecule has 4 aromatic rings. The molecule has 1 aliphatic rings. The molecule has 2 aromatic carbocycles. The van der Waals surface area contributed by atoms with Crippen LogP contribution >= 0.6 is 11.6 Å². The van der Waals surface area contributed by atoms with Crippen LogP contribution in [0.1, 0.15) is 0 Å². The van der Waals surface area contributed by atoms with Gasteiger partial charge in [0.05, 0.1) is 16.7 Å². The molecule has 0 amide bonds. The van der Waals surface area contributed by atoms with Gasteiger partial charge in [0.15, 0.2) is 5.82 Å². The van der Waals surface area contributed by atoms with Gasteiger partial charge in [-0.1, -0.05) is 18.2 Å². The number of H-pyrrole nitrogens is 1. The van der Waals surface area contributed by atoms with E-state index in [4.69, 9.17) is 11.6 Å². The molecule has 0 saturated carbocycles. The van der Waals surface area contributed by atoms with Crippen molar-refractivity contribution < 1.29 is 13.9 Å². The quantitative estimate of drug-likeness (QED) is 0.455. The third kappa shape index (κ3) is 3.29. The van der Waals surface area contributed by atoms with Gasteiger partial charge in [-0.3, -0.25) is 10.00 Å². The number of aliphatic hydroxyl groups is 1. The first-order valence-corrected chi connectivity index (χ1v) is 10.4. The molecule has 164 valence electrons. The number of benzene rings is 2. The summed E-state index contributed by atoms with van der Waals surface area (Å²) in [4.78, 5) is 12.4. The number of aromatic amines is 1. The van der Waals surface area contributed by atoms with Gasteiger partial charge in [0, 0.05) is 48.1 Å². The molecule has 1 unspecified atom stereocenters. The number of aliphatic hydroxyl groups excluding tert-OH is 1. The van der Waals surface area contributed by atoms with Gasteiger partial charge >= 0.3 is 0 Å². The van der Waals surface area contributed by atoms with Crippen LogP contribution in [-0.4, -0.2) is 62.6 Å². The van der Waals surface area contributed by atoms with Crippen LogP contribution in [0.4, 0.5) is 14.6 Å². The maximum Gasteiger partial charge on any atom is 0.159 e. The number of hydrogen-bond donors (Lipinski definition) is 2. The zero-order chi connectivity index (χ0) is 22.4. The third-order valence-electron chi connectivity index (χ3n) is 5.82. The second kappa shape index (κ2) is 8.09. The first kappa shape index (κ1) is 20.7. The molecule has 7 nitrogen and oxygen atoms in total. The fourth-order valence-electron chi connectivity index (χ4n) is 4.19. The predicted octanol–water partition coefficient (Wildman–Crippen LogP) is 3.73. The summed E-state index contributed by atoms with van der Waals surface area (Å²) in [5.41, 5.74) is 0.600. The van der Waals surface area contributed by atoms with Gasteiger partial charge in [-0.25, -0.2) is 18.7 Å². The van der Waals surface area contributed by atoms with Gasteiger partial charge in [-0.15, -0.1) is 0 Å². The van der Waals surface area contributed by atoms with E-state index in [0.717, 1.165) is 0 Å². The number of nitrogens with zero attached hydrogens (tertiary/aromatic N) is 5. The number of rotatable bonds is 4. The summed E-state index contributed by atoms with van der Waals surface area (Å²) in [5, 5.41) is 17.6. The molecule has 10 heteroatoms. The van der Waals surface area contributed by atoms with E-state index in [1.54, 1.807) is 6.07 Å². The Hall–Kier alpha value is -3.14. The van der Waals surface area contributed by atoms with E-state index in [9.17, 15) is 9.50 Å². The van der Waals surface area contributed by atoms with E-state index in [1.165, 1.54) is 30.7 Å². The molecule has 0 radical (unpaired) electrons. The second-order valence-electron chi connectivity index (χ2n) is 7.57. The lowest BCUT2D eigenvalue weighted by molar-refractivity contribution is 0.0380.